The molecule has 1 unspecified atom stereocenters. The molecule has 0 radical (unpaired) electrons. The molecule has 0 aromatic rings. The highest BCUT2D eigenvalue weighted by molar-refractivity contribution is 5.69. The standard InChI is InChI=1S/C13H27NO2/c1-4-6-7-9-12(3)14-11-8-10-13(15)16-5-2/h12,14H,4-11H2,1-3H3. The first-order valence-corrected chi connectivity index (χ1v) is 6.59. The van der Waals surface area contributed by atoms with E-state index >= 15 is 0 Å². The van der Waals surface area contributed by atoms with Gasteiger partial charge in [-0.15, -0.1) is 0 Å². The van der Waals surface area contributed by atoms with E-state index in [1.54, 1.807) is 0 Å². The summed E-state index contributed by atoms with van der Waals surface area (Å²) in [7, 11) is 0. The van der Waals surface area contributed by atoms with Gasteiger partial charge in [0.05, 0.1) is 6.61 Å². The van der Waals surface area contributed by atoms with Crippen molar-refractivity contribution in [3.8, 4) is 0 Å². The molecule has 0 aromatic carbocycles. The first-order chi connectivity index (χ1) is 7.70. The van der Waals surface area contributed by atoms with Gasteiger partial charge in [0.2, 0.25) is 0 Å². The van der Waals surface area contributed by atoms with Crippen molar-refractivity contribution in [2.45, 2.75) is 65.3 Å². The number of carbonyl (C=O) groups excluding carboxylic acids is 1. The molecule has 1 N–H and O–H groups in total. The highest BCUT2D eigenvalue weighted by atomic mass is 16.5. The van der Waals surface area contributed by atoms with Gasteiger partial charge in [-0.1, -0.05) is 26.2 Å². The smallest absolute Gasteiger partial charge is 0.305 e. The fourth-order valence-corrected chi connectivity index (χ4v) is 1.62. The maximum atomic E-state index is 11.0. The summed E-state index contributed by atoms with van der Waals surface area (Å²) in [4.78, 5) is 11.0. The summed E-state index contributed by atoms with van der Waals surface area (Å²) in [6, 6.07) is 0.564. The van der Waals surface area contributed by atoms with E-state index in [4.69, 9.17) is 4.74 Å². The third kappa shape index (κ3) is 9.97. The molecule has 3 nitrogen and oxygen atoms in total. The lowest BCUT2D eigenvalue weighted by molar-refractivity contribution is -0.143. The Kier molecular flexibility index (Phi) is 10.5. The van der Waals surface area contributed by atoms with Crippen LogP contribution >= 0.6 is 0 Å². The van der Waals surface area contributed by atoms with Crippen LogP contribution in [-0.4, -0.2) is 25.2 Å². The summed E-state index contributed by atoms with van der Waals surface area (Å²) in [6.07, 6.45) is 6.51. The van der Waals surface area contributed by atoms with Crippen molar-refractivity contribution >= 4 is 5.97 Å². The summed E-state index contributed by atoms with van der Waals surface area (Å²) in [5.74, 6) is -0.0806. The molecule has 0 saturated heterocycles. The predicted molar refractivity (Wildman–Crippen MR) is 67.5 cm³/mol. The third-order valence-corrected chi connectivity index (χ3v) is 2.60. The Bertz CT molecular complexity index is 171. The molecule has 0 saturated carbocycles. The minimum absolute atomic E-state index is 0.0806. The summed E-state index contributed by atoms with van der Waals surface area (Å²) in [5, 5.41) is 3.43. The minimum Gasteiger partial charge on any atom is -0.466 e. The van der Waals surface area contributed by atoms with E-state index in [0.717, 1.165) is 13.0 Å². The number of esters is 1. The van der Waals surface area contributed by atoms with E-state index in [1.165, 1.54) is 25.7 Å². The van der Waals surface area contributed by atoms with Gasteiger partial charge in [-0.2, -0.15) is 0 Å². The van der Waals surface area contributed by atoms with Crippen molar-refractivity contribution in [3.05, 3.63) is 0 Å². The molecular formula is C13H27NO2. The average molecular weight is 229 g/mol. The SMILES string of the molecule is CCCCCC(C)NCCCC(=O)OCC. The van der Waals surface area contributed by atoms with E-state index in [2.05, 4.69) is 19.2 Å². The van der Waals surface area contributed by atoms with E-state index in [1.807, 2.05) is 6.92 Å². The van der Waals surface area contributed by atoms with Crippen LogP contribution in [0.25, 0.3) is 0 Å². The Balaban J connectivity index is 3.26. The van der Waals surface area contributed by atoms with E-state index < -0.39 is 0 Å². The van der Waals surface area contributed by atoms with Gasteiger partial charge < -0.3 is 10.1 Å². The molecule has 0 aliphatic carbocycles. The topological polar surface area (TPSA) is 38.3 Å². The summed E-state index contributed by atoms with van der Waals surface area (Å²) in [5.41, 5.74) is 0. The molecule has 3 heteroatoms. The van der Waals surface area contributed by atoms with E-state index in [0.29, 0.717) is 19.1 Å². The highest BCUT2D eigenvalue weighted by Gasteiger charge is 2.03. The molecule has 0 fully saturated rings. The second-order valence-electron chi connectivity index (χ2n) is 4.26. The molecule has 0 aliphatic rings. The first-order valence-electron chi connectivity index (χ1n) is 6.59. The van der Waals surface area contributed by atoms with E-state index in [-0.39, 0.29) is 5.97 Å². The second-order valence-corrected chi connectivity index (χ2v) is 4.26. The largest absolute Gasteiger partial charge is 0.466 e. The van der Waals surface area contributed by atoms with Crippen molar-refractivity contribution in [2.75, 3.05) is 13.2 Å². The monoisotopic (exact) mass is 229 g/mol. The minimum atomic E-state index is -0.0806. The molecule has 0 bridgehead atoms. The molecule has 16 heavy (non-hydrogen) atoms. The Morgan fingerprint density at radius 1 is 1.25 bits per heavy atom. The van der Waals surface area contributed by atoms with Gasteiger partial charge in [0.1, 0.15) is 0 Å². The van der Waals surface area contributed by atoms with Crippen molar-refractivity contribution in [3.63, 3.8) is 0 Å². The van der Waals surface area contributed by atoms with Crippen LogP contribution in [0.1, 0.15) is 59.3 Å². The van der Waals surface area contributed by atoms with Gasteiger partial charge in [0, 0.05) is 12.5 Å². The van der Waals surface area contributed by atoms with Gasteiger partial charge in [-0.25, -0.2) is 0 Å². The summed E-state index contributed by atoms with van der Waals surface area (Å²) < 4.78 is 4.86. The third-order valence-electron chi connectivity index (χ3n) is 2.60. The molecular weight excluding hydrogens is 202 g/mol. The lowest BCUT2D eigenvalue weighted by Gasteiger charge is -2.13. The summed E-state index contributed by atoms with van der Waals surface area (Å²) >= 11 is 0. The molecule has 0 spiro atoms. The quantitative estimate of drug-likeness (QED) is 0.462. The van der Waals surface area contributed by atoms with Crippen LogP contribution in [-0.2, 0) is 9.53 Å². The Morgan fingerprint density at radius 2 is 2.00 bits per heavy atom. The average Bonchev–Trinajstić information content (AvgIpc) is 2.25. The molecule has 0 amide bonds. The van der Waals surface area contributed by atoms with Crippen LogP contribution in [0.4, 0.5) is 0 Å². The lowest BCUT2D eigenvalue weighted by Crippen LogP contribution is -2.27. The van der Waals surface area contributed by atoms with Crippen molar-refractivity contribution in [2.24, 2.45) is 0 Å². The number of ether oxygens (including phenoxy) is 1. The van der Waals surface area contributed by atoms with Crippen molar-refractivity contribution in [1.82, 2.24) is 5.32 Å². The van der Waals surface area contributed by atoms with Crippen LogP contribution < -0.4 is 5.32 Å². The zero-order valence-corrected chi connectivity index (χ0v) is 11.1. The fourth-order valence-electron chi connectivity index (χ4n) is 1.62. The van der Waals surface area contributed by atoms with Gasteiger partial charge in [-0.05, 0) is 33.2 Å². The number of hydrogen-bond donors (Lipinski definition) is 1. The van der Waals surface area contributed by atoms with Crippen LogP contribution in [0.15, 0.2) is 0 Å². The van der Waals surface area contributed by atoms with Gasteiger partial charge in [-0.3, -0.25) is 4.79 Å². The first kappa shape index (κ1) is 15.4. The number of nitrogens with one attached hydrogen (secondary N) is 1. The maximum absolute atomic E-state index is 11.0. The van der Waals surface area contributed by atoms with E-state index in [9.17, 15) is 4.79 Å². The molecule has 0 aliphatic heterocycles. The number of unbranched alkanes of at least 4 members (excludes halogenated alkanes) is 2. The number of rotatable bonds is 10. The maximum Gasteiger partial charge on any atom is 0.305 e. The molecule has 0 heterocycles. The van der Waals surface area contributed by atoms with Crippen LogP contribution in [0.5, 0.6) is 0 Å². The van der Waals surface area contributed by atoms with Crippen molar-refractivity contribution in [1.29, 1.82) is 0 Å². The Hall–Kier alpha value is -0.570. The van der Waals surface area contributed by atoms with Crippen LogP contribution in [0.2, 0.25) is 0 Å². The number of carbonyl (C=O) groups is 1. The Labute approximate surface area is 99.9 Å². The number of hydrogen-bond acceptors (Lipinski definition) is 3. The molecule has 1 atom stereocenters. The van der Waals surface area contributed by atoms with Crippen LogP contribution in [0, 0.1) is 0 Å². The predicted octanol–water partition coefficient (Wildman–Crippen LogP) is 2.89. The Morgan fingerprint density at radius 3 is 2.62 bits per heavy atom. The highest BCUT2D eigenvalue weighted by Crippen LogP contribution is 2.03. The van der Waals surface area contributed by atoms with Gasteiger partial charge in [0.15, 0.2) is 0 Å². The molecule has 96 valence electrons. The summed E-state index contributed by atoms with van der Waals surface area (Å²) in [6.45, 7) is 7.66. The normalized spacial score (nSPS) is 12.4. The molecule has 0 rings (SSSR count). The van der Waals surface area contributed by atoms with Gasteiger partial charge in [0.25, 0.3) is 0 Å². The lowest BCUT2D eigenvalue weighted by atomic mass is 10.1. The van der Waals surface area contributed by atoms with Gasteiger partial charge >= 0.3 is 5.97 Å². The second kappa shape index (κ2) is 10.9. The molecule has 0 aromatic heterocycles. The fraction of sp³-hybridized carbons (Fsp3) is 0.923. The van der Waals surface area contributed by atoms with Crippen molar-refractivity contribution < 1.29 is 9.53 Å². The zero-order valence-electron chi connectivity index (χ0n) is 11.1. The zero-order chi connectivity index (χ0) is 12.2. The van der Waals surface area contributed by atoms with Crippen LogP contribution in [0.3, 0.4) is 0 Å².